The fourth-order valence-electron chi connectivity index (χ4n) is 1.91. The average Bonchev–Trinajstić information content (AvgIpc) is 2.01. The van der Waals surface area contributed by atoms with Gasteiger partial charge in [0, 0.05) is 6.04 Å². The van der Waals surface area contributed by atoms with Crippen molar-refractivity contribution >= 4 is 9.84 Å². The maximum atomic E-state index is 11.3. The molecule has 2 N–H and O–H groups in total. The summed E-state index contributed by atoms with van der Waals surface area (Å²) in [7, 11) is -2.79. The van der Waals surface area contributed by atoms with Crippen molar-refractivity contribution in [1.82, 2.24) is 0 Å². The Morgan fingerprint density at radius 3 is 2.46 bits per heavy atom. The van der Waals surface area contributed by atoms with Crippen molar-refractivity contribution in [3.8, 4) is 0 Å². The summed E-state index contributed by atoms with van der Waals surface area (Å²) in [6, 6.07) is 0.0371. The molecule has 1 saturated heterocycles. The highest BCUT2D eigenvalue weighted by Crippen LogP contribution is 2.23. The Hall–Kier alpha value is -0.0900. The lowest BCUT2D eigenvalue weighted by molar-refractivity contribution is 0.337. The molecule has 0 saturated carbocycles. The lowest BCUT2D eigenvalue weighted by Gasteiger charge is -2.29. The van der Waals surface area contributed by atoms with Gasteiger partial charge in [0.25, 0.3) is 0 Å². The third-order valence-electron chi connectivity index (χ3n) is 2.81. The largest absolute Gasteiger partial charge is 0.327 e. The van der Waals surface area contributed by atoms with Gasteiger partial charge in [-0.05, 0) is 24.7 Å². The van der Waals surface area contributed by atoms with Crippen molar-refractivity contribution in [2.45, 2.75) is 32.7 Å². The Morgan fingerprint density at radius 2 is 2.00 bits per heavy atom. The predicted octanol–water partition coefficient (Wildman–Crippen LogP) is 0.794. The van der Waals surface area contributed by atoms with E-state index in [2.05, 4.69) is 0 Å². The monoisotopic (exact) mass is 205 g/mol. The van der Waals surface area contributed by atoms with Crippen LogP contribution in [0.2, 0.25) is 0 Å². The van der Waals surface area contributed by atoms with Crippen LogP contribution in [-0.2, 0) is 9.84 Å². The molecule has 0 amide bonds. The molecule has 0 aromatic heterocycles. The van der Waals surface area contributed by atoms with Crippen LogP contribution in [0.5, 0.6) is 0 Å². The topological polar surface area (TPSA) is 60.2 Å². The summed E-state index contributed by atoms with van der Waals surface area (Å²) in [5.41, 5.74) is 5.95. The van der Waals surface area contributed by atoms with Crippen molar-refractivity contribution in [1.29, 1.82) is 0 Å². The molecule has 3 nitrogen and oxygen atoms in total. The minimum absolute atomic E-state index is 0.0371. The molecule has 1 rings (SSSR count). The standard InChI is InChI=1S/C9H19NO2S/c1-7(2)9(10)8-4-3-5-13(11,12)6-8/h7-9H,3-6,10H2,1-2H3. The summed E-state index contributed by atoms with van der Waals surface area (Å²) >= 11 is 0. The highest BCUT2D eigenvalue weighted by molar-refractivity contribution is 7.91. The maximum absolute atomic E-state index is 11.3. The molecule has 1 aliphatic heterocycles. The lowest BCUT2D eigenvalue weighted by Crippen LogP contribution is -2.41. The smallest absolute Gasteiger partial charge is 0.150 e. The minimum atomic E-state index is -2.79. The summed E-state index contributed by atoms with van der Waals surface area (Å²) in [6.45, 7) is 4.10. The Morgan fingerprint density at radius 1 is 1.38 bits per heavy atom. The van der Waals surface area contributed by atoms with Crippen LogP contribution in [0.4, 0.5) is 0 Å². The van der Waals surface area contributed by atoms with Crippen molar-refractivity contribution in [2.24, 2.45) is 17.6 Å². The maximum Gasteiger partial charge on any atom is 0.150 e. The summed E-state index contributed by atoms with van der Waals surface area (Å²) in [5.74, 6) is 1.21. The van der Waals surface area contributed by atoms with Crippen molar-refractivity contribution in [2.75, 3.05) is 11.5 Å². The molecule has 0 radical (unpaired) electrons. The molecule has 2 atom stereocenters. The normalized spacial score (nSPS) is 30.3. The predicted molar refractivity (Wildman–Crippen MR) is 54.2 cm³/mol. The molecular formula is C9H19NO2S. The summed E-state index contributed by atoms with van der Waals surface area (Å²) in [5, 5.41) is 0. The summed E-state index contributed by atoms with van der Waals surface area (Å²) in [4.78, 5) is 0. The van der Waals surface area contributed by atoms with Gasteiger partial charge in [-0.25, -0.2) is 8.42 Å². The molecule has 1 heterocycles. The molecule has 4 heteroatoms. The molecule has 0 bridgehead atoms. The van der Waals surface area contributed by atoms with Crippen LogP contribution in [-0.4, -0.2) is 26.0 Å². The van der Waals surface area contributed by atoms with Crippen LogP contribution in [0, 0.1) is 11.8 Å². The van der Waals surface area contributed by atoms with Crippen LogP contribution in [0.1, 0.15) is 26.7 Å². The third-order valence-corrected chi connectivity index (χ3v) is 4.66. The quantitative estimate of drug-likeness (QED) is 0.725. The number of hydrogen-bond acceptors (Lipinski definition) is 3. The van der Waals surface area contributed by atoms with E-state index in [9.17, 15) is 8.42 Å². The fourth-order valence-corrected chi connectivity index (χ4v) is 3.72. The van der Waals surface area contributed by atoms with Crippen molar-refractivity contribution in [3.05, 3.63) is 0 Å². The molecule has 13 heavy (non-hydrogen) atoms. The zero-order chi connectivity index (χ0) is 10.1. The Bertz CT molecular complexity index is 259. The molecule has 1 aliphatic rings. The first-order valence-electron chi connectivity index (χ1n) is 4.88. The Labute approximate surface area is 80.6 Å². The number of nitrogens with two attached hydrogens (primary N) is 1. The van der Waals surface area contributed by atoms with Gasteiger partial charge in [0.2, 0.25) is 0 Å². The van der Waals surface area contributed by atoms with E-state index in [1.807, 2.05) is 13.8 Å². The van der Waals surface area contributed by atoms with Gasteiger partial charge in [0.1, 0.15) is 0 Å². The number of sulfone groups is 1. The molecule has 2 unspecified atom stereocenters. The zero-order valence-electron chi connectivity index (χ0n) is 8.36. The summed E-state index contributed by atoms with van der Waals surface area (Å²) in [6.07, 6.45) is 1.76. The fraction of sp³-hybridized carbons (Fsp3) is 1.00. The van der Waals surface area contributed by atoms with E-state index in [0.29, 0.717) is 17.4 Å². The van der Waals surface area contributed by atoms with E-state index in [1.165, 1.54) is 0 Å². The first-order chi connectivity index (χ1) is 5.92. The van der Waals surface area contributed by atoms with E-state index < -0.39 is 9.84 Å². The van der Waals surface area contributed by atoms with E-state index in [1.54, 1.807) is 0 Å². The first kappa shape index (κ1) is 11.0. The van der Waals surface area contributed by atoms with E-state index in [-0.39, 0.29) is 12.0 Å². The molecule has 0 aromatic rings. The van der Waals surface area contributed by atoms with Gasteiger partial charge in [-0.3, -0.25) is 0 Å². The number of hydrogen-bond donors (Lipinski definition) is 1. The van der Waals surface area contributed by atoms with E-state index in [4.69, 9.17) is 5.73 Å². The van der Waals surface area contributed by atoms with Gasteiger partial charge in [-0.1, -0.05) is 13.8 Å². The van der Waals surface area contributed by atoms with Crippen molar-refractivity contribution < 1.29 is 8.42 Å². The average molecular weight is 205 g/mol. The van der Waals surface area contributed by atoms with Crippen LogP contribution in [0.3, 0.4) is 0 Å². The van der Waals surface area contributed by atoms with Crippen LogP contribution >= 0.6 is 0 Å². The second-order valence-electron chi connectivity index (χ2n) is 4.34. The molecule has 0 aliphatic carbocycles. The molecular weight excluding hydrogens is 186 g/mol. The Kier molecular flexibility index (Phi) is 3.35. The lowest BCUT2D eigenvalue weighted by atomic mass is 9.89. The number of rotatable bonds is 2. The minimum Gasteiger partial charge on any atom is -0.327 e. The SMILES string of the molecule is CC(C)C(N)C1CCCS(=O)(=O)C1. The molecule has 78 valence electrons. The van der Waals surface area contributed by atoms with Gasteiger partial charge in [0.05, 0.1) is 11.5 Å². The van der Waals surface area contributed by atoms with Gasteiger partial charge < -0.3 is 5.73 Å². The van der Waals surface area contributed by atoms with Gasteiger partial charge in [0.15, 0.2) is 9.84 Å². The molecule has 0 spiro atoms. The zero-order valence-corrected chi connectivity index (χ0v) is 9.18. The van der Waals surface area contributed by atoms with Crippen molar-refractivity contribution in [3.63, 3.8) is 0 Å². The van der Waals surface area contributed by atoms with Gasteiger partial charge >= 0.3 is 0 Å². The summed E-state index contributed by atoms with van der Waals surface area (Å²) < 4.78 is 22.7. The van der Waals surface area contributed by atoms with Crippen LogP contribution < -0.4 is 5.73 Å². The molecule has 1 fully saturated rings. The highest BCUT2D eigenvalue weighted by atomic mass is 32.2. The van der Waals surface area contributed by atoms with E-state index in [0.717, 1.165) is 12.8 Å². The van der Waals surface area contributed by atoms with Gasteiger partial charge in [-0.2, -0.15) is 0 Å². The molecule has 0 aromatic carbocycles. The first-order valence-corrected chi connectivity index (χ1v) is 6.70. The third kappa shape index (κ3) is 2.95. The van der Waals surface area contributed by atoms with Crippen LogP contribution in [0.25, 0.3) is 0 Å². The van der Waals surface area contributed by atoms with Gasteiger partial charge in [-0.15, -0.1) is 0 Å². The second-order valence-corrected chi connectivity index (χ2v) is 6.57. The second kappa shape index (κ2) is 3.96. The Balaban J connectivity index is 2.62. The van der Waals surface area contributed by atoms with Crippen LogP contribution in [0.15, 0.2) is 0 Å². The highest BCUT2D eigenvalue weighted by Gasteiger charge is 2.30. The van der Waals surface area contributed by atoms with E-state index >= 15 is 0 Å².